The standard InChI is InChI=1S/C21H25N3O3/c1-3-7-18(14-8-5-4-6-9-14)24-13-15(19(25)23-16-10-11-16)12-17(21(24)27)20(26)22-2/h4-6,8-9,12-13,16,18H,3,7,10-11H2,1-2H3,(H,22,26)(H,23,25)/t18-/m1/s1. The third-order valence-corrected chi connectivity index (χ3v) is 4.77. The summed E-state index contributed by atoms with van der Waals surface area (Å²) in [5, 5.41) is 5.42. The van der Waals surface area contributed by atoms with Crippen LogP contribution in [0.2, 0.25) is 0 Å². The Morgan fingerprint density at radius 2 is 1.89 bits per heavy atom. The van der Waals surface area contributed by atoms with E-state index in [-0.39, 0.29) is 29.1 Å². The first-order valence-electron chi connectivity index (χ1n) is 9.39. The van der Waals surface area contributed by atoms with Gasteiger partial charge in [-0.3, -0.25) is 14.4 Å². The second-order valence-electron chi connectivity index (χ2n) is 6.90. The van der Waals surface area contributed by atoms with E-state index < -0.39 is 5.91 Å². The number of hydrogen-bond donors (Lipinski definition) is 2. The van der Waals surface area contributed by atoms with Gasteiger partial charge in [-0.15, -0.1) is 0 Å². The molecule has 2 N–H and O–H groups in total. The molecule has 1 aliphatic carbocycles. The second-order valence-corrected chi connectivity index (χ2v) is 6.90. The highest BCUT2D eigenvalue weighted by Gasteiger charge is 2.26. The summed E-state index contributed by atoms with van der Waals surface area (Å²) in [7, 11) is 1.48. The van der Waals surface area contributed by atoms with Crippen LogP contribution in [0.25, 0.3) is 0 Å². The minimum atomic E-state index is -0.488. The lowest BCUT2D eigenvalue weighted by atomic mass is 10.0. The summed E-state index contributed by atoms with van der Waals surface area (Å²) in [4.78, 5) is 37.9. The zero-order chi connectivity index (χ0) is 19.4. The number of nitrogens with one attached hydrogen (secondary N) is 2. The minimum absolute atomic E-state index is 0.0158. The molecule has 1 atom stereocenters. The van der Waals surface area contributed by atoms with E-state index in [2.05, 4.69) is 10.6 Å². The number of hydrogen-bond acceptors (Lipinski definition) is 3. The quantitative estimate of drug-likeness (QED) is 0.789. The van der Waals surface area contributed by atoms with Crippen LogP contribution in [0.3, 0.4) is 0 Å². The predicted molar refractivity (Wildman–Crippen MR) is 104 cm³/mol. The van der Waals surface area contributed by atoms with Crippen molar-refractivity contribution in [2.24, 2.45) is 0 Å². The summed E-state index contributed by atoms with van der Waals surface area (Å²) in [6.45, 7) is 2.05. The van der Waals surface area contributed by atoms with Crippen LogP contribution in [0.1, 0.15) is 64.9 Å². The van der Waals surface area contributed by atoms with Gasteiger partial charge in [-0.2, -0.15) is 0 Å². The maximum absolute atomic E-state index is 13.0. The molecule has 1 fully saturated rings. The van der Waals surface area contributed by atoms with Gasteiger partial charge in [0.1, 0.15) is 5.56 Å². The molecule has 1 saturated carbocycles. The van der Waals surface area contributed by atoms with Gasteiger partial charge >= 0.3 is 0 Å². The van der Waals surface area contributed by atoms with Crippen molar-refractivity contribution in [3.05, 3.63) is 69.6 Å². The van der Waals surface area contributed by atoms with E-state index in [0.717, 1.165) is 31.2 Å². The molecule has 27 heavy (non-hydrogen) atoms. The third-order valence-electron chi connectivity index (χ3n) is 4.77. The second kappa shape index (κ2) is 8.20. The van der Waals surface area contributed by atoms with Gasteiger partial charge in [0.15, 0.2) is 0 Å². The maximum Gasteiger partial charge on any atom is 0.264 e. The molecule has 2 amide bonds. The first kappa shape index (κ1) is 18.9. The Bertz CT molecular complexity index is 885. The van der Waals surface area contributed by atoms with Crippen LogP contribution < -0.4 is 16.2 Å². The van der Waals surface area contributed by atoms with Crippen molar-refractivity contribution in [1.82, 2.24) is 15.2 Å². The molecule has 1 aromatic carbocycles. The molecule has 1 heterocycles. The zero-order valence-electron chi connectivity index (χ0n) is 15.7. The van der Waals surface area contributed by atoms with Crippen LogP contribution in [0.4, 0.5) is 0 Å². The van der Waals surface area contributed by atoms with E-state index in [1.54, 1.807) is 6.20 Å². The fraction of sp³-hybridized carbons (Fsp3) is 0.381. The summed E-state index contributed by atoms with van der Waals surface area (Å²) in [6.07, 6.45) is 5.11. The molecule has 3 rings (SSSR count). The smallest absolute Gasteiger partial charge is 0.264 e. The Kier molecular flexibility index (Phi) is 5.74. The van der Waals surface area contributed by atoms with Crippen molar-refractivity contribution in [3.63, 3.8) is 0 Å². The molecule has 0 radical (unpaired) electrons. The van der Waals surface area contributed by atoms with Gasteiger partial charge in [0.05, 0.1) is 11.6 Å². The average Bonchev–Trinajstić information content (AvgIpc) is 3.50. The number of carbonyl (C=O) groups is 2. The number of amides is 2. The summed E-state index contributed by atoms with van der Waals surface area (Å²) in [5.41, 5.74) is 0.902. The Morgan fingerprint density at radius 3 is 2.48 bits per heavy atom. The first-order valence-corrected chi connectivity index (χ1v) is 9.39. The maximum atomic E-state index is 13.0. The fourth-order valence-corrected chi connectivity index (χ4v) is 3.17. The Labute approximate surface area is 158 Å². The molecule has 0 spiro atoms. The van der Waals surface area contributed by atoms with Gasteiger partial charge in [-0.25, -0.2) is 0 Å². The summed E-state index contributed by atoms with van der Waals surface area (Å²) < 4.78 is 1.53. The van der Waals surface area contributed by atoms with Gasteiger partial charge in [0, 0.05) is 19.3 Å². The van der Waals surface area contributed by atoms with Crippen molar-refractivity contribution >= 4 is 11.8 Å². The van der Waals surface area contributed by atoms with Gasteiger partial charge in [-0.1, -0.05) is 43.7 Å². The van der Waals surface area contributed by atoms with Crippen molar-refractivity contribution in [2.75, 3.05) is 7.05 Å². The van der Waals surface area contributed by atoms with E-state index in [9.17, 15) is 14.4 Å². The Balaban J connectivity index is 2.11. The molecule has 0 aliphatic heterocycles. The number of pyridine rings is 1. The van der Waals surface area contributed by atoms with E-state index in [0.29, 0.717) is 5.56 Å². The van der Waals surface area contributed by atoms with E-state index in [1.807, 2.05) is 37.3 Å². The normalized spacial score (nSPS) is 14.4. The SMILES string of the molecule is CCC[C@H](c1ccccc1)n1cc(C(=O)NC2CC2)cc(C(=O)NC)c1=O. The number of nitrogens with zero attached hydrogens (tertiary/aromatic N) is 1. The number of carbonyl (C=O) groups excluding carboxylic acids is 2. The van der Waals surface area contributed by atoms with Crippen molar-refractivity contribution in [1.29, 1.82) is 0 Å². The molecule has 6 heteroatoms. The average molecular weight is 367 g/mol. The number of rotatable bonds is 7. The topological polar surface area (TPSA) is 80.2 Å². The third kappa shape index (κ3) is 4.27. The van der Waals surface area contributed by atoms with Gasteiger partial charge in [-0.05, 0) is 30.9 Å². The summed E-state index contributed by atoms with van der Waals surface area (Å²) in [6, 6.07) is 11.0. The molecule has 0 saturated heterocycles. The van der Waals surface area contributed by atoms with Crippen molar-refractivity contribution < 1.29 is 9.59 Å². The minimum Gasteiger partial charge on any atom is -0.355 e. The highest BCUT2D eigenvalue weighted by molar-refractivity contribution is 5.99. The van der Waals surface area contributed by atoms with Crippen molar-refractivity contribution in [2.45, 2.75) is 44.7 Å². The monoisotopic (exact) mass is 367 g/mol. The first-order chi connectivity index (χ1) is 13.0. The van der Waals surface area contributed by atoms with Gasteiger partial charge < -0.3 is 15.2 Å². The van der Waals surface area contributed by atoms with Gasteiger partial charge in [0.25, 0.3) is 17.4 Å². The van der Waals surface area contributed by atoms with Crippen LogP contribution in [-0.4, -0.2) is 29.5 Å². The number of benzene rings is 1. The highest BCUT2D eigenvalue weighted by Crippen LogP contribution is 2.23. The predicted octanol–water partition coefficient (Wildman–Crippen LogP) is 2.49. The molecule has 0 bridgehead atoms. The van der Waals surface area contributed by atoms with Crippen molar-refractivity contribution in [3.8, 4) is 0 Å². The molecule has 0 unspecified atom stereocenters. The van der Waals surface area contributed by atoms with E-state index in [1.165, 1.54) is 17.7 Å². The van der Waals surface area contributed by atoms with Gasteiger partial charge in [0.2, 0.25) is 0 Å². The lowest BCUT2D eigenvalue weighted by molar-refractivity contribution is 0.0950. The van der Waals surface area contributed by atoms with E-state index >= 15 is 0 Å². The summed E-state index contributed by atoms with van der Waals surface area (Å²) in [5.74, 6) is -0.738. The molecule has 142 valence electrons. The van der Waals surface area contributed by atoms with E-state index in [4.69, 9.17) is 0 Å². The molecular weight excluding hydrogens is 342 g/mol. The molecule has 6 nitrogen and oxygen atoms in total. The van der Waals surface area contributed by atoms with Crippen LogP contribution in [0.5, 0.6) is 0 Å². The summed E-state index contributed by atoms with van der Waals surface area (Å²) >= 11 is 0. The van der Waals surface area contributed by atoms with Crippen LogP contribution >= 0.6 is 0 Å². The lowest BCUT2D eigenvalue weighted by Gasteiger charge is -2.21. The lowest BCUT2D eigenvalue weighted by Crippen LogP contribution is -2.36. The Morgan fingerprint density at radius 1 is 1.19 bits per heavy atom. The fourth-order valence-electron chi connectivity index (χ4n) is 3.17. The molecule has 2 aromatic rings. The molecule has 1 aromatic heterocycles. The highest BCUT2D eigenvalue weighted by atomic mass is 16.2. The zero-order valence-corrected chi connectivity index (χ0v) is 15.7. The van der Waals surface area contributed by atoms with Crippen LogP contribution in [-0.2, 0) is 0 Å². The number of aromatic nitrogens is 1. The molecular formula is C21H25N3O3. The molecule has 1 aliphatic rings. The Hall–Kier alpha value is -2.89. The van der Waals surface area contributed by atoms with Crippen LogP contribution in [0.15, 0.2) is 47.4 Å². The largest absolute Gasteiger partial charge is 0.355 e. The van der Waals surface area contributed by atoms with Crippen LogP contribution in [0, 0.1) is 0 Å².